The highest BCUT2D eigenvalue weighted by atomic mass is 19.1. The zero-order valence-corrected chi connectivity index (χ0v) is 17.4. The second-order valence-electron chi connectivity index (χ2n) is 7.34. The van der Waals surface area contributed by atoms with Crippen LogP contribution in [0.3, 0.4) is 0 Å². The van der Waals surface area contributed by atoms with Gasteiger partial charge in [-0.1, -0.05) is 13.3 Å². The van der Waals surface area contributed by atoms with Crippen molar-refractivity contribution in [2.45, 2.75) is 52.2 Å². The molecule has 2 atom stereocenters. The van der Waals surface area contributed by atoms with Crippen LogP contribution in [0.25, 0.3) is 10.9 Å². The number of anilines is 3. The summed E-state index contributed by atoms with van der Waals surface area (Å²) in [5.74, 6) is -1.23. The fourth-order valence-corrected chi connectivity index (χ4v) is 3.38. The minimum absolute atomic E-state index is 0.0260. The smallest absolute Gasteiger partial charge is 0.252 e. The van der Waals surface area contributed by atoms with Crippen LogP contribution in [0.1, 0.15) is 44.0 Å². The lowest BCUT2D eigenvalue weighted by Crippen LogP contribution is -2.38. The van der Waals surface area contributed by atoms with E-state index in [9.17, 15) is 9.18 Å². The summed E-state index contributed by atoms with van der Waals surface area (Å²) in [6, 6.07) is 6.41. The van der Waals surface area contributed by atoms with Gasteiger partial charge in [-0.15, -0.1) is 0 Å². The molecule has 6 N–H and O–H groups in total. The van der Waals surface area contributed by atoms with Gasteiger partial charge in [0.1, 0.15) is 5.82 Å². The van der Waals surface area contributed by atoms with Crippen LogP contribution >= 0.6 is 0 Å². The molecule has 160 valence electrons. The monoisotopic (exact) mass is 413 g/mol. The molecule has 0 aliphatic rings. The molecule has 0 bridgehead atoms. The number of aromatic nitrogens is 3. The number of nitrogens with zero attached hydrogens (tertiary/aromatic N) is 3. The number of hydrogen-bond donors (Lipinski definition) is 4. The zero-order valence-electron chi connectivity index (χ0n) is 17.4. The Labute approximate surface area is 174 Å². The van der Waals surface area contributed by atoms with Gasteiger partial charge in [0, 0.05) is 29.7 Å². The fourth-order valence-electron chi connectivity index (χ4n) is 3.38. The van der Waals surface area contributed by atoms with Crippen molar-refractivity contribution in [3.8, 4) is 0 Å². The second-order valence-corrected chi connectivity index (χ2v) is 7.34. The van der Waals surface area contributed by atoms with Crippen LogP contribution in [0.2, 0.25) is 0 Å². The number of carbonyl (C=O) groups excluding carboxylic acids is 1. The molecule has 0 fully saturated rings. The molecule has 30 heavy (non-hydrogen) atoms. The lowest BCUT2D eigenvalue weighted by Gasteiger charge is -2.23. The van der Waals surface area contributed by atoms with Gasteiger partial charge in [-0.25, -0.2) is 9.37 Å². The number of nitrogens with one attached hydrogen (secondary N) is 2. The first kappa shape index (κ1) is 21.5. The van der Waals surface area contributed by atoms with Crippen molar-refractivity contribution in [3.05, 3.63) is 41.8 Å². The number of carbonyl (C=O) groups is 1. The van der Waals surface area contributed by atoms with E-state index in [2.05, 4.69) is 20.7 Å². The van der Waals surface area contributed by atoms with Crippen LogP contribution in [0, 0.1) is 5.82 Å². The fraction of sp³-hybridized carbons (Fsp3) is 0.381. The molecule has 0 aliphatic carbocycles. The average Bonchev–Trinajstić information content (AvgIpc) is 3.11. The molecule has 1 aromatic carbocycles. The standard InChI is InChI=1S/C21H28FN7O/c1-4-6-17(12(3)23)27-21-16(22)10-15(19(24)30)20(28-21)26-14-7-8-18-13(9-14)11-25-29(18)5-2/h7-12,17H,4-6,23H2,1-3H3,(H2,24,30)(H2,26,27,28)/t12-,17+/m0/s1. The number of benzene rings is 1. The van der Waals surface area contributed by atoms with Gasteiger partial charge in [0.2, 0.25) is 0 Å². The van der Waals surface area contributed by atoms with Gasteiger partial charge >= 0.3 is 0 Å². The molecule has 2 aromatic heterocycles. The number of fused-ring (bicyclic) bond motifs is 1. The molecule has 1 amide bonds. The summed E-state index contributed by atoms with van der Waals surface area (Å²) >= 11 is 0. The van der Waals surface area contributed by atoms with Crippen molar-refractivity contribution in [2.24, 2.45) is 11.5 Å². The quantitative estimate of drug-likeness (QED) is 0.426. The van der Waals surface area contributed by atoms with E-state index in [-0.39, 0.29) is 29.3 Å². The van der Waals surface area contributed by atoms with Crippen molar-refractivity contribution in [2.75, 3.05) is 10.6 Å². The summed E-state index contributed by atoms with van der Waals surface area (Å²) in [6.45, 7) is 6.66. The molecule has 0 spiro atoms. The predicted octanol–water partition coefficient (Wildman–Crippen LogP) is 3.36. The van der Waals surface area contributed by atoms with Gasteiger partial charge in [-0.3, -0.25) is 9.48 Å². The van der Waals surface area contributed by atoms with Crippen LogP contribution in [-0.4, -0.2) is 32.8 Å². The Kier molecular flexibility index (Phi) is 6.51. The molecule has 0 radical (unpaired) electrons. The SMILES string of the molecule is CCC[C@@H](Nc1nc(Nc2ccc3c(cnn3CC)c2)c(C(N)=O)cc1F)[C@H](C)N. The van der Waals surface area contributed by atoms with E-state index in [1.54, 1.807) is 6.20 Å². The summed E-state index contributed by atoms with van der Waals surface area (Å²) in [4.78, 5) is 16.2. The maximum absolute atomic E-state index is 14.6. The first-order valence-corrected chi connectivity index (χ1v) is 10.1. The highest BCUT2D eigenvalue weighted by Crippen LogP contribution is 2.27. The van der Waals surface area contributed by atoms with E-state index in [0.717, 1.165) is 36.4 Å². The molecule has 0 saturated carbocycles. The Morgan fingerprint density at radius 3 is 2.67 bits per heavy atom. The van der Waals surface area contributed by atoms with E-state index in [1.165, 1.54) is 0 Å². The summed E-state index contributed by atoms with van der Waals surface area (Å²) in [7, 11) is 0. The van der Waals surface area contributed by atoms with Crippen LogP contribution < -0.4 is 22.1 Å². The molecule has 0 unspecified atom stereocenters. The third-order valence-electron chi connectivity index (χ3n) is 5.00. The minimum atomic E-state index is -0.771. The van der Waals surface area contributed by atoms with Crippen LogP contribution in [0.4, 0.5) is 21.7 Å². The molecule has 3 aromatic rings. The second kappa shape index (κ2) is 9.08. The normalized spacial score (nSPS) is 13.2. The number of pyridine rings is 1. The molecule has 3 rings (SSSR count). The van der Waals surface area contributed by atoms with Crippen molar-refractivity contribution in [3.63, 3.8) is 0 Å². The number of hydrogen-bond acceptors (Lipinski definition) is 6. The number of aryl methyl sites for hydroxylation is 1. The largest absolute Gasteiger partial charge is 0.365 e. The van der Waals surface area contributed by atoms with Gasteiger partial charge in [-0.2, -0.15) is 5.10 Å². The van der Waals surface area contributed by atoms with Crippen molar-refractivity contribution < 1.29 is 9.18 Å². The lowest BCUT2D eigenvalue weighted by molar-refractivity contribution is 0.100. The average molecular weight is 414 g/mol. The van der Waals surface area contributed by atoms with Crippen molar-refractivity contribution in [1.29, 1.82) is 0 Å². The summed E-state index contributed by atoms with van der Waals surface area (Å²) in [6.07, 6.45) is 3.41. The number of nitrogens with two attached hydrogens (primary N) is 2. The Morgan fingerprint density at radius 2 is 2.03 bits per heavy atom. The van der Waals surface area contributed by atoms with E-state index < -0.39 is 11.7 Å². The van der Waals surface area contributed by atoms with Gasteiger partial charge in [0.15, 0.2) is 11.6 Å². The number of primary amides is 1. The Morgan fingerprint density at radius 1 is 1.27 bits per heavy atom. The molecular formula is C21H28FN7O. The predicted molar refractivity (Wildman–Crippen MR) is 117 cm³/mol. The number of halogens is 1. The third-order valence-corrected chi connectivity index (χ3v) is 5.00. The molecule has 0 saturated heterocycles. The van der Waals surface area contributed by atoms with Crippen molar-refractivity contribution >= 4 is 34.1 Å². The first-order valence-electron chi connectivity index (χ1n) is 10.1. The Balaban J connectivity index is 1.96. The Bertz CT molecular complexity index is 1050. The van der Waals surface area contributed by atoms with Crippen LogP contribution in [-0.2, 0) is 6.54 Å². The van der Waals surface area contributed by atoms with Gasteiger partial charge in [0.05, 0.1) is 17.3 Å². The number of amides is 1. The van der Waals surface area contributed by atoms with Crippen LogP contribution in [0.15, 0.2) is 30.5 Å². The summed E-state index contributed by atoms with van der Waals surface area (Å²) in [5.41, 5.74) is 13.1. The van der Waals surface area contributed by atoms with Gasteiger partial charge in [-0.05, 0) is 44.5 Å². The van der Waals surface area contributed by atoms with Crippen LogP contribution in [0.5, 0.6) is 0 Å². The van der Waals surface area contributed by atoms with E-state index in [1.807, 2.05) is 43.7 Å². The zero-order chi connectivity index (χ0) is 21.8. The maximum Gasteiger partial charge on any atom is 0.252 e. The summed E-state index contributed by atoms with van der Waals surface area (Å²) in [5, 5.41) is 11.4. The topological polar surface area (TPSA) is 124 Å². The minimum Gasteiger partial charge on any atom is -0.365 e. The number of rotatable bonds is 9. The molecule has 8 nitrogen and oxygen atoms in total. The highest BCUT2D eigenvalue weighted by Gasteiger charge is 2.20. The van der Waals surface area contributed by atoms with Gasteiger partial charge < -0.3 is 22.1 Å². The van der Waals surface area contributed by atoms with E-state index in [0.29, 0.717) is 5.69 Å². The van der Waals surface area contributed by atoms with Gasteiger partial charge in [0.25, 0.3) is 5.91 Å². The summed E-state index contributed by atoms with van der Waals surface area (Å²) < 4.78 is 16.5. The molecule has 2 heterocycles. The molecule has 0 aliphatic heterocycles. The molecule has 9 heteroatoms. The Hall–Kier alpha value is -3.20. The van der Waals surface area contributed by atoms with Crippen molar-refractivity contribution in [1.82, 2.24) is 14.8 Å². The molecular weight excluding hydrogens is 385 g/mol. The third kappa shape index (κ3) is 4.51. The lowest BCUT2D eigenvalue weighted by atomic mass is 10.1. The van der Waals surface area contributed by atoms with E-state index >= 15 is 0 Å². The van der Waals surface area contributed by atoms with E-state index in [4.69, 9.17) is 11.5 Å². The highest BCUT2D eigenvalue weighted by molar-refractivity contribution is 5.99. The maximum atomic E-state index is 14.6. The first-order chi connectivity index (χ1) is 14.3.